The molecule has 0 aromatic heterocycles. The molecule has 0 unspecified atom stereocenters. The highest BCUT2D eigenvalue weighted by atomic mass is 79.9. The molecular formula is C13H11BrF3NO2. The first-order valence-corrected chi connectivity index (χ1v) is 6.80. The molecule has 0 amide bonds. The number of esters is 1. The van der Waals surface area contributed by atoms with E-state index in [4.69, 9.17) is 5.26 Å². The summed E-state index contributed by atoms with van der Waals surface area (Å²) in [5.74, 6) is -0.756. The summed E-state index contributed by atoms with van der Waals surface area (Å²) >= 11 is 3.04. The maximum Gasteiger partial charge on any atom is 0.417 e. The van der Waals surface area contributed by atoms with E-state index in [1.807, 2.05) is 0 Å². The highest BCUT2D eigenvalue weighted by Crippen LogP contribution is 2.36. The van der Waals surface area contributed by atoms with Gasteiger partial charge in [0.2, 0.25) is 0 Å². The van der Waals surface area contributed by atoms with Crippen LogP contribution in [-0.2, 0) is 27.5 Å². The molecule has 0 bridgehead atoms. The molecule has 1 aromatic carbocycles. The van der Waals surface area contributed by atoms with Crippen LogP contribution in [0.15, 0.2) is 12.1 Å². The van der Waals surface area contributed by atoms with Crippen molar-refractivity contribution in [2.24, 2.45) is 0 Å². The van der Waals surface area contributed by atoms with E-state index in [0.717, 1.165) is 0 Å². The number of nitriles is 1. The second-order valence-corrected chi connectivity index (χ2v) is 4.42. The zero-order valence-corrected chi connectivity index (χ0v) is 12.1. The number of alkyl halides is 4. The first-order valence-electron chi connectivity index (χ1n) is 5.68. The van der Waals surface area contributed by atoms with Gasteiger partial charge in [0.1, 0.15) is 6.07 Å². The van der Waals surface area contributed by atoms with Crippen molar-refractivity contribution in [3.63, 3.8) is 0 Å². The molecule has 0 radical (unpaired) electrons. The van der Waals surface area contributed by atoms with Gasteiger partial charge in [-0.1, -0.05) is 28.1 Å². The summed E-state index contributed by atoms with van der Waals surface area (Å²) < 4.78 is 44.0. The van der Waals surface area contributed by atoms with Crippen molar-refractivity contribution in [2.75, 3.05) is 6.61 Å². The Morgan fingerprint density at radius 2 is 2.00 bits per heavy atom. The molecule has 7 heteroatoms. The Bertz CT molecular complexity index is 550. The number of ether oxygens (including phenoxy) is 1. The predicted octanol–water partition coefficient (Wildman–Crippen LogP) is 3.58. The first kappa shape index (κ1) is 16.5. The fourth-order valence-electron chi connectivity index (χ4n) is 1.77. The van der Waals surface area contributed by atoms with E-state index < -0.39 is 29.7 Å². The highest BCUT2D eigenvalue weighted by molar-refractivity contribution is 9.08. The fourth-order valence-corrected chi connectivity index (χ4v) is 2.23. The lowest BCUT2D eigenvalue weighted by molar-refractivity contribution is -0.143. The fraction of sp³-hybridized carbons (Fsp3) is 0.385. The quantitative estimate of drug-likeness (QED) is 0.616. The normalized spacial score (nSPS) is 11.0. The zero-order valence-electron chi connectivity index (χ0n) is 10.6. The van der Waals surface area contributed by atoms with Crippen LogP contribution >= 0.6 is 15.9 Å². The third-order valence-corrected chi connectivity index (χ3v) is 3.16. The minimum Gasteiger partial charge on any atom is -0.466 e. The van der Waals surface area contributed by atoms with E-state index in [1.165, 1.54) is 12.1 Å². The van der Waals surface area contributed by atoms with Crippen LogP contribution in [0.2, 0.25) is 0 Å². The van der Waals surface area contributed by atoms with Crippen LogP contribution in [0.25, 0.3) is 0 Å². The zero-order chi connectivity index (χ0) is 15.3. The average Bonchev–Trinajstić information content (AvgIpc) is 2.36. The molecule has 0 aliphatic heterocycles. The minimum absolute atomic E-state index is 0.0881. The van der Waals surface area contributed by atoms with Crippen molar-refractivity contribution in [3.05, 3.63) is 34.4 Å². The van der Waals surface area contributed by atoms with Crippen molar-refractivity contribution in [1.29, 1.82) is 5.26 Å². The van der Waals surface area contributed by atoms with Gasteiger partial charge in [0, 0.05) is 5.33 Å². The average molecular weight is 350 g/mol. The second kappa shape index (κ2) is 6.75. The van der Waals surface area contributed by atoms with Crippen LogP contribution in [0.3, 0.4) is 0 Å². The highest BCUT2D eigenvalue weighted by Gasteiger charge is 2.37. The molecule has 0 spiro atoms. The predicted molar refractivity (Wildman–Crippen MR) is 69.1 cm³/mol. The molecule has 0 aliphatic rings. The Balaban J connectivity index is 3.39. The smallest absolute Gasteiger partial charge is 0.417 e. The molecule has 0 heterocycles. The van der Waals surface area contributed by atoms with Crippen LogP contribution < -0.4 is 0 Å². The summed E-state index contributed by atoms with van der Waals surface area (Å²) in [6, 6.07) is 4.17. The number of nitrogens with zero attached hydrogens (tertiary/aromatic N) is 1. The lowest BCUT2D eigenvalue weighted by Gasteiger charge is -2.16. The number of benzene rings is 1. The van der Waals surface area contributed by atoms with E-state index >= 15 is 0 Å². The van der Waals surface area contributed by atoms with Gasteiger partial charge in [-0.2, -0.15) is 18.4 Å². The third kappa shape index (κ3) is 3.73. The molecular weight excluding hydrogens is 339 g/mol. The van der Waals surface area contributed by atoms with Gasteiger partial charge in [0.05, 0.1) is 24.2 Å². The molecule has 0 N–H and O–H groups in total. The maximum absolute atomic E-state index is 13.1. The van der Waals surface area contributed by atoms with Crippen molar-refractivity contribution in [3.8, 4) is 6.07 Å². The van der Waals surface area contributed by atoms with E-state index in [-0.39, 0.29) is 23.1 Å². The Morgan fingerprint density at radius 3 is 2.45 bits per heavy atom. The Hall–Kier alpha value is -1.55. The van der Waals surface area contributed by atoms with Crippen LogP contribution in [0.4, 0.5) is 13.2 Å². The molecule has 0 atom stereocenters. The molecule has 0 fully saturated rings. The summed E-state index contributed by atoms with van der Waals surface area (Å²) in [5.41, 5.74) is -1.55. The summed E-state index contributed by atoms with van der Waals surface area (Å²) in [4.78, 5) is 11.4. The van der Waals surface area contributed by atoms with Crippen LogP contribution in [0.5, 0.6) is 0 Å². The maximum atomic E-state index is 13.1. The Kier molecular flexibility index (Phi) is 5.57. The van der Waals surface area contributed by atoms with Gasteiger partial charge in [-0.3, -0.25) is 4.79 Å². The van der Waals surface area contributed by atoms with Gasteiger partial charge in [-0.15, -0.1) is 0 Å². The molecule has 1 rings (SSSR count). The van der Waals surface area contributed by atoms with Crippen molar-refractivity contribution in [2.45, 2.75) is 24.9 Å². The Morgan fingerprint density at radius 1 is 1.40 bits per heavy atom. The minimum atomic E-state index is -4.70. The van der Waals surface area contributed by atoms with E-state index in [9.17, 15) is 18.0 Å². The van der Waals surface area contributed by atoms with Gasteiger partial charge >= 0.3 is 12.1 Å². The van der Waals surface area contributed by atoms with Crippen LogP contribution in [0.1, 0.15) is 29.2 Å². The standard InChI is InChI=1S/C13H11BrF3NO2/c1-2-20-11(19)5-8-3-4-9(6-14)10(7-18)12(8)13(15,16)17/h3-4H,2,5-6H2,1H3. The number of carbonyl (C=O) groups is 1. The summed E-state index contributed by atoms with van der Waals surface area (Å²) in [5, 5.41) is 9.09. The van der Waals surface area contributed by atoms with Gasteiger partial charge in [-0.25, -0.2) is 0 Å². The number of hydrogen-bond donors (Lipinski definition) is 0. The largest absolute Gasteiger partial charge is 0.466 e. The van der Waals surface area contributed by atoms with E-state index in [0.29, 0.717) is 0 Å². The van der Waals surface area contributed by atoms with Crippen LogP contribution in [-0.4, -0.2) is 12.6 Å². The third-order valence-electron chi connectivity index (χ3n) is 2.56. The summed E-state index contributed by atoms with van der Waals surface area (Å²) in [6.07, 6.45) is -5.22. The SMILES string of the molecule is CCOC(=O)Cc1ccc(CBr)c(C#N)c1C(F)(F)F. The van der Waals surface area contributed by atoms with E-state index in [2.05, 4.69) is 20.7 Å². The second-order valence-electron chi connectivity index (χ2n) is 3.86. The van der Waals surface area contributed by atoms with E-state index in [1.54, 1.807) is 13.0 Å². The molecule has 0 aliphatic carbocycles. The molecule has 3 nitrogen and oxygen atoms in total. The molecule has 0 saturated carbocycles. The first-order chi connectivity index (χ1) is 9.35. The van der Waals surface area contributed by atoms with Gasteiger partial charge in [0.15, 0.2) is 0 Å². The summed E-state index contributed by atoms with van der Waals surface area (Å²) in [6.45, 7) is 1.65. The molecule has 20 heavy (non-hydrogen) atoms. The lowest BCUT2D eigenvalue weighted by atomic mass is 9.95. The topological polar surface area (TPSA) is 50.1 Å². The van der Waals surface area contributed by atoms with Gasteiger partial charge in [-0.05, 0) is 18.1 Å². The number of halogens is 4. The lowest BCUT2D eigenvalue weighted by Crippen LogP contribution is -2.17. The number of carbonyl (C=O) groups excluding carboxylic acids is 1. The van der Waals surface area contributed by atoms with Crippen LogP contribution in [0, 0.1) is 11.3 Å². The molecule has 1 aromatic rings. The Labute approximate surface area is 122 Å². The summed E-state index contributed by atoms with van der Waals surface area (Å²) in [7, 11) is 0. The number of rotatable bonds is 4. The van der Waals surface area contributed by atoms with Crippen molar-refractivity contribution < 1.29 is 22.7 Å². The monoisotopic (exact) mass is 349 g/mol. The molecule has 0 saturated heterocycles. The van der Waals surface area contributed by atoms with Crippen molar-refractivity contribution >= 4 is 21.9 Å². The number of hydrogen-bond acceptors (Lipinski definition) is 3. The molecule has 108 valence electrons. The van der Waals surface area contributed by atoms with Gasteiger partial charge < -0.3 is 4.74 Å². The van der Waals surface area contributed by atoms with Gasteiger partial charge in [0.25, 0.3) is 0 Å². The van der Waals surface area contributed by atoms with Crippen molar-refractivity contribution in [1.82, 2.24) is 0 Å².